The van der Waals surface area contributed by atoms with Crippen LogP contribution in [0.5, 0.6) is 0 Å². The maximum atomic E-state index is 11.2. The molecule has 1 aliphatic rings. The fourth-order valence-corrected chi connectivity index (χ4v) is 3.05. The van der Waals surface area contributed by atoms with E-state index < -0.39 is 5.91 Å². The van der Waals surface area contributed by atoms with Crippen molar-refractivity contribution in [3.05, 3.63) is 51.9 Å². The van der Waals surface area contributed by atoms with Crippen LogP contribution in [0.4, 0.5) is 5.82 Å². The van der Waals surface area contributed by atoms with E-state index in [1.54, 1.807) is 6.07 Å². The fourth-order valence-electron chi connectivity index (χ4n) is 2.67. The van der Waals surface area contributed by atoms with Gasteiger partial charge < -0.3 is 11.1 Å². The van der Waals surface area contributed by atoms with E-state index in [0.717, 1.165) is 23.7 Å². The summed E-state index contributed by atoms with van der Waals surface area (Å²) in [4.78, 5) is 19.2. The molecule has 3 rings (SSSR count). The Morgan fingerprint density at radius 1 is 1.33 bits per heavy atom. The van der Waals surface area contributed by atoms with Crippen LogP contribution < -0.4 is 11.1 Å². The second kappa shape index (κ2) is 5.81. The topological polar surface area (TPSA) is 80.9 Å². The Balaban J connectivity index is 1.88. The largest absolute Gasteiger partial charge is 0.364 e. The molecular formula is C15H15BrN4O. The molecule has 0 unspecified atom stereocenters. The van der Waals surface area contributed by atoms with E-state index in [0.29, 0.717) is 5.82 Å². The minimum atomic E-state index is -0.549. The number of rotatable bonds is 3. The van der Waals surface area contributed by atoms with Crippen LogP contribution in [0.1, 0.15) is 40.5 Å². The summed E-state index contributed by atoms with van der Waals surface area (Å²) in [7, 11) is 0. The number of halogens is 1. The van der Waals surface area contributed by atoms with E-state index in [9.17, 15) is 4.79 Å². The molecule has 2 aromatic rings. The zero-order chi connectivity index (χ0) is 14.8. The molecule has 1 atom stereocenters. The van der Waals surface area contributed by atoms with Crippen molar-refractivity contribution in [3.63, 3.8) is 0 Å². The van der Waals surface area contributed by atoms with Crippen molar-refractivity contribution in [1.82, 2.24) is 9.97 Å². The highest BCUT2D eigenvalue weighted by molar-refractivity contribution is 9.10. The highest BCUT2D eigenvalue weighted by Gasteiger charge is 2.21. The first kappa shape index (κ1) is 14.0. The summed E-state index contributed by atoms with van der Waals surface area (Å²) in [5, 5.41) is 3.38. The third-order valence-corrected chi connectivity index (χ3v) is 4.16. The Morgan fingerprint density at radius 2 is 2.19 bits per heavy atom. The lowest BCUT2D eigenvalue weighted by Crippen LogP contribution is -2.19. The molecule has 0 saturated heterocycles. The van der Waals surface area contributed by atoms with Gasteiger partial charge in [-0.15, -0.1) is 0 Å². The molecule has 6 heteroatoms. The van der Waals surface area contributed by atoms with Crippen LogP contribution in [0, 0.1) is 0 Å². The van der Waals surface area contributed by atoms with Crippen LogP contribution in [-0.4, -0.2) is 15.9 Å². The predicted molar refractivity (Wildman–Crippen MR) is 84.0 cm³/mol. The Morgan fingerprint density at radius 3 is 3.00 bits per heavy atom. The van der Waals surface area contributed by atoms with Crippen molar-refractivity contribution in [2.24, 2.45) is 5.73 Å². The van der Waals surface area contributed by atoms with Crippen molar-refractivity contribution in [2.75, 3.05) is 5.32 Å². The van der Waals surface area contributed by atoms with E-state index in [4.69, 9.17) is 5.73 Å². The molecule has 1 aromatic carbocycles. The molecule has 1 aromatic heterocycles. The Bertz CT molecular complexity index is 689. The van der Waals surface area contributed by atoms with Gasteiger partial charge in [0.05, 0.1) is 6.04 Å². The molecule has 0 radical (unpaired) electrons. The number of fused-ring (bicyclic) bond motifs is 1. The van der Waals surface area contributed by atoms with Gasteiger partial charge in [0, 0.05) is 10.5 Å². The Kier molecular flexibility index (Phi) is 3.88. The smallest absolute Gasteiger partial charge is 0.267 e. The lowest BCUT2D eigenvalue weighted by Gasteiger charge is -2.27. The number of primary amides is 1. The normalized spacial score (nSPS) is 17.1. The van der Waals surface area contributed by atoms with Crippen LogP contribution >= 0.6 is 15.9 Å². The molecule has 1 amide bonds. The first-order valence-electron chi connectivity index (χ1n) is 6.80. The molecule has 3 N–H and O–H groups in total. The van der Waals surface area contributed by atoms with Crippen LogP contribution in [0.2, 0.25) is 0 Å². The van der Waals surface area contributed by atoms with E-state index in [1.165, 1.54) is 17.5 Å². The van der Waals surface area contributed by atoms with Gasteiger partial charge in [-0.25, -0.2) is 9.97 Å². The van der Waals surface area contributed by atoms with Crippen molar-refractivity contribution in [3.8, 4) is 0 Å². The summed E-state index contributed by atoms with van der Waals surface area (Å²) >= 11 is 3.52. The van der Waals surface area contributed by atoms with Crippen molar-refractivity contribution in [2.45, 2.75) is 25.3 Å². The molecule has 108 valence electrons. The first-order valence-corrected chi connectivity index (χ1v) is 7.59. The number of nitrogens with two attached hydrogens (primary N) is 1. The van der Waals surface area contributed by atoms with Gasteiger partial charge in [-0.05, 0) is 42.5 Å². The number of hydrogen-bond acceptors (Lipinski definition) is 4. The third-order valence-electron chi connectivity index (χ3n) is 3.66. The average Bonchev–Trinajstić information content (AvgIpc) is 2.48. The minimum Gasteiger partial charge on any atom is -0.364 e. The highest BCUT2D eigenvalue weighted by atomic mass is 79.9. The quantitative estimate of drug-likeness (QED) is 0.895. The van der Waals surface area contributed by atoms with Gasteiger partial charge in [-0.3, -0.25) is 4.79 Å². The number of aromatic nitrogens is 2. The van der Waals surface area contributed by atoms with Gasteiger partial charge in [0.15, 0.2) is 0 Å². The minimum absolute atomic E-state index is 0.182. The second-order valence-electron chi connectivity index (χ2n) is 5.09. The van der Waals surface area contributed by atoms with E-state index in [-0.39, 0.29) is 11.7 Å². The number of amides is 1. The van der Waals surface area contributed by atoms with Gasteiger partial charge in [-0.1, -0.05) is 22.0 Å². The van der Waals surface area contributed by atoms with Crippen LogP contribution in [-0.2, 0) is 6.42 Å². The molecule has 0 spiro atoms. The van der Waals surface area contributed by atoms with Gasteiger partial charge in [-0.2, -0.15) is 0 Å². The zero-order valence-electron chi connectivity index (χ0n) is 11.3. The standard InChI is InChI=1S/C15H15BrN4O/c16-10-5-4-9-2-1-3-12(11(9)6-10)20-14-7-13(15(17)21)18-8-19-14/h4-8,12H,1-3H2,(H2,17,21)(H,18,19,20)/t12-/m0/s1. The zero-order valence-corrected chi connectivity index (χ0v) is 12.9. The van der Waals surface area contributed by atoms with Crippen molar-refractivity contribution >= 4 is 27.7 Å². The lowest BCUT2D eigenvalue weighted by atomic mass is 9.88. The van der Waals surface area contributed by atoms with Crippen LogP contribution in [0.15, 0.2) is 35.1 Å². The predicted octanol–water partition coefficient (Wildman–Crippen LogP) is 2.83. The summed E-state index contributed by atoms with van der Waals surface area (Å²) in [5.41, 5.74) is 8.10. The van der Waals surface area contributed by atoms with Crippen LogP contribution in [0.25, 0.3) is 0 Å². The van der Waals surface area contributed by atoms with E-state index in [2.05, 4.69) is 49.4 Å². The molecule has 21 heavy (non-hydrogen) atoms. The van der Waals surface area contributed by atoms with E-state index in [1.807, 2.05) is 0 Å². The van der Waals surface area contributed by atoms with Crippen molar-refractivity contribution < 1.29 is 4.79 Å². The molecule has 5 nitrogen and oxygen atoms in total. The average molecular weight is 347 g/mol. The summed E-state index contributed by atoms with van der Waals surface area (Å²) in [6.45, 7) is 0. The monoisotopic (exact) mass is 346 g/mol. The maximum Gasteiger partial charge on any atom is 0.267 e. The second-order valence-corrected chi connectivity index (χ2v) is 6.00. The third kappa shape index (κ3) is 3.05. The Hall–Kier alpha value is -1.95. The summed E-state index contributed by atoms with van der Waals surface area (Å²) in [6.07, 6.45) is 4.60. The SMILES string of the molecule is NC(=O)c1cc(N[C@H]2CCCc3ccc(Br)cc32)ncn1. The molecule has 0 fully saturated rings. The van der Waals surface area contributed by atoms with Crippen LogP contribution in [0.3, 0.4) is 0 Å². The van der Waals surface area contributed by atoms with Gasteiger partial charge in [0.2, 0.25) is 0 Å². The number of nitrogens with zero attached hydrogens (tertiary/aromatic N) is 2. The number of nitrogens with one attached hydrogen (secondary N) is 1. The number of carbonyl (C=O) groups excluding carboxylic acids is 1. The van der Waals surface area contributed by atoms with Gasteiger partial charge >= 0.3 is 0 Å². The Labute approximate surface area is 131 Å². The number of benzene rings is 1. The summed E-state index contributed by atoms with van der Waals surface area (Å²) in [5.74, 6) is 0.0730. The first-order chi connectivity index (χ1) is 10.1. The molecule has 1 aliphatic carbocycles. The van der Waals surface area contributed by atoms with Crippen molar-refractivity contribution in [1.29, 1.82) is 0 Å². The highest BCUT2D eigenvalue weighted by Crippen LogP contribution is 2.33. The number of anilines is 1. The summed E-state index contributed by atoms with van der Waals surface area (Å²) < 4.78 is 1.07. The molecule has 0 saturated carbocycles. The fraction of sp³-hybridized carbons (Fsp3) is 0.267. The van der Waals surface area contributed by atoms with E-state index >= 15 is 0 Å². The molecular weight excluding hydrogens is 332 g/mol. The lowest BCUT2D eigenvalue weighted by molar-refractivity contribution is 0.0995. The van der Waals surface area contributed by atoms with Gasteiger partial charge in [0.1, 0.15) is 17.8 Å². The van der Waals surface area contributed by atoms with Gasteiger partial charge in [0.25, 0.3) is 5.91 Å². The molecule has 0 aliphatic heterocycles. The number of hydrogen-bond donors (Lipinski definition) is 2. The number of aryl methyl sites for hydroxylation is 1. The number of carbonyl (C=O) groups is 1. The summed E-state index contributed by atoms with van der Waals surface area (Å²) in [6, 6.07) is 8.14. The molecule has 0 bridgehead atoms. The molecule has 1 heterocycles. The maximum absolute atomic E-state index is 11.2.